The second-order valence-corrected chi connectivity index (χ2v) is 3.37. The van der Waals surface area contributed by atoms with Gasteiger partial charge in [0.1, 0.15) is 5.75 Å². The van der Waals surface area contributed by atoms with Gasteiger partial charge in [-0.25, -0.2) is 0 Å². The molecule has 1 rings (SSSR count). The van der Waals surface area contributed by atoms with Crippen LogP contribution in [0.2, 0.25) is 0 Å². The van der Waals surface area contributed by atoms with Gasteiger partial charge in [-0.1, -0.05) is 12.1 Å². The molecule has 0 aliphatic carbocycles. The highest BCUT2D eigenvalue weighted by atomic mass is 19.4. The normalized spacial score (nSPS) is 12.9. The number of benzene rings is 1. The van der Waals surface area contributed by atoms with Gasteiger partial charge in [0.15, 0.2) is 0 Å². The first kappa shape index (κ1) is 13.3. The molecule has 0 heterocycles. The summed E-state index contributed by atoms with van der Waals surface area (Å²) in [6.45, 7) is -0.0260. The van der Waals surface area contributed by atoms with E-state index in [0.717, 1.165) is 6.07 Å². The third-order valence-corrected chi connectivity index (χ3v) is 2.04. The van der Waals surface area contributed by atoms with Gasteiger partial charge < -0.3 is 10.5 Å². The topological polar surface area (TPSA) is 59.0 Å². The fraction of sp³-hybridized carbons (Fsp3) is 0.364. The van der Waals surface area contributed by atoms with Crippen LogP contribution in [0.4, 0.5) is 13.2 Å². The zero-order chi connectivity index (χ0) is 12.9. The lowest BCUT2D eigenvalue weighted by Gasteiger charge is -2.13. The van der Waals surface area contributed by atoms with Gasteiger partial charge in [0, 0.05) is 6.42 Å². The Morgan fingerprint density at radius 3 is 2.59 bits per heavy atom. The third kappa shape index (κ3) is 3.96. The summed E-state index contributed by atoms with van der Waals surface area (Å²) in [6, 6.07) is 5.97. The van der Waals surface area contributed by atoms with Crippen LogP contribution in [0.5, 0.6) is 5.75 Å². The standard InChI is InChI=1S/C11H11F3N2O/c12-11(13,14)9-3-1-2-4-10(9)17-6-5-8(16)7-15/h1-4,8H,5-6,16H2. The van der Waals surface area contributed by atoms with Crippen molar-refractivity contribution in [3.05, 3.63) is 29.8 Å². The number of nitriles is 1. The van der Waals surface area contributed by atoms with Gasteiger partial charge in [0.25, 0.3) is 0 Å². The van der Waals surface area contributed by atoms with E-state index in [1.807, 2.05) is 0 Å². The molecular formula is C11H11F3N2O. The molecule has 1 unspecified atom stereocenters. The van der Waals surface area contributed by atoms with Crippen LogP contribution in [0, 0.1) is 11.3 Å². The lowest BCUT2D eigenvalue weighted by Crippen LogP contribution is -2.20. The first-order valence-corrected chi connectivity index (χ1v) is 4.89. The molecule has 0 amide bonds. The Morgan fingerprint density at radius 1 is 1.35 bits per heavy atom. The Balaban J connectivity index is 2.69. The molecule has 0 radical (unpaired) electrons. The SMILES string of the molecule is N#CC(N)CCOc1ccccc1C(F)(F)F. The van der Waals surface area contributed by atoms with E-state index in [1.54, 1.807) is 6.07 Å². The average Bonchev–Trinajstić information content (AvgIpc) is 2.28. The molecule has 0 aromatic heterocycles. The maximum absolute atomic E-state index is 12.5. The summed E-state index contributed by atoms with van der Waals surface area (Å²) < 4.78 is 42.6. The van der Waals surface area contributed by atoms with E-state index < -0.39 is 17.8 Å². The number of ether oxygens (including phenoxy) is 1. The molecule has 3 nitrogen and oxygen atoms in total. The number of hydrogen-bond acceptors (Lipinski definition) is 3. The number of hydrogen-bond donors (Lipinski definition) is 1. The minimum absolute atomic E-state index is 0.0260. The molecule has 0 fully saturated rings. The molecule has 0 bridgehead atoms. The molecule has 2 N–H and O–H groups in total. The van der Waals surface area contributed by atoms with Crippen LogP contribution in [-0.4, -0.2) is 12.6 Å². The second-order valence-electron chi connectivity index (χ2n) is 3.37. The predicted molar refractivity (Wildman–Crippen MR) is 55.1 cm³/mol. The van der Waals surface area contributed by atoms with Gasteiger partial charge in [0.2, 0.25) is 0 Å². The number of nitrogens with zero attached hydrogens (tertiary/aromatic N) is 1. The summed E-state index contributed by atoms with van der Waals surface area (Å²) in [5.41, 5.74) is 4.47. The van der Waals surface area contributed by atoms with Crippen molar-refractivity contribution >= 4 is 0 Å². The molecule has 6 heteroatoms. The summed E-state index contributed by atoms with van der Waals surface area (Å²) in [6.07, 6.45) is -4.27. The van der Waals surface area contributed by atoms with E-state index >= 15 is 0 Å². The Hall–Kier alpha value is -1.74. The zero-order valence-electron chi connectivity index (χ0n) is 8.87. The summed E-state index contributed by atoms with van der Waals surface area (Å²) in [4.78, 5) is 0. The molecule has 0 saturated heterocycles. The van der Waals surface area contributed by atoms with Gasteiger partial charge in [-0.3, -0.25) is 0 Å². The Kier molecular flexibility index (Phi) is 4.35. The molecule has 0 spiro atoms. The maximum atomic E-state index is 12.5. The molecule has 17 heavy (non-hydrogen) atoms. The van der Waals surface area contributed by atoms with E-state index in [2.05, 4.69) is 0 Å². The van der Waals surface area contributed by atoms with E-state index in [-0.39, 0.29) is 18.8 Å². The minimum atomic E-state index is -4.45. The fourth-order valence-electron chi connectivity index (χ4n) is 1.19. The van der Waals surface area contributed by atoms with Crippen LogP contribution >= 0.6 is 0 Å². The van der Waals surface area contributed by atoms with Crippen molar-refractivity contribution in [3.8, 4) is 11.8 Å². The fourth-order valence-corrected chi connectivity index (χ4v) is 1.19. The van der Waals surface area contributed by atoms with Gasteiger partial charge in [-0.15, -0.1) is 0 Å². The number of rotatable bonds is 4. The highest BCUT2D eigenvalue weighted by Crippen LogP contribution is 2.35. The molecule has 1 atom stereocenters. The van der Waals surface area contributed by atoms with Crippen LogP contribution in [0.15, 0.2) is 24.3 Å². The quantitative estimate of drug-likeness (QED) is 0.884. The second kappa shape index (κ2) is 5.55. The van der Waals surface area contributed by atoms with E-state index in [0.29, 0.717) is 0 Å². The number of para-hydroxylation sites is 1. The Labute approximate surface area is 96.6 Å². The van der Waals surface area contributed by atoms with E-state index in [9.17, 15) is 13.2 Å². The van der Waals surface area contributed by atoms with Crippen LogP contribution in [0.25, 0.3) is 0 Å². The van der Waals surface area contributed by atoms with Gasteiger partial charge in [0.05, 0.1) is 24.3 Å². The molecule has 0 aliphatic rings. The van der Waals surface area contributed by atoms with Crippen molar-refractivity contribution in [1.82, 2.24) is 0 Å². The summed E-state index contributed by atoms with van der Waals surface area (Å²) in [5, 5.41) is 8.41. The molecule has 1 aromatic carbocycles. The summed E-state index contributed by atoms with van der Waals surface area (Å²) in [5.74, 6) is -0.245. The maximum Gasteiger partial charge on any atom is 0.419 e. The highest BCUT2D eigenvalue weighted by molar-refractivity contribution is 5.35. The van der Waals surface area contributed by atoms with Crippen LogP contribution in [-0.2, 0) is 6.18 Å². The third-order valence-electron chi connectivity index (χ3n) is 2.04. The Bertz CT molecular complexity index is 412. The average molecular weight is 244 g/mol. The smallest absolute Gasteiger partial charge is 0.419 e. The van der Waals surface area contributed by atoms with Crippen molar-refractivity contribution < 1.29 is 17.9 Å². The molecular weight excluding hydrogens is 233 g/mol. The first-order chi connectivity index (χ1) is 7.95. The van der Waals surface area contributed by atoms with Crippen molar-refractivity contribution in [1.29, 1.82) is 5.26 Å². The van der Waals surface area contributed by atoms with Crippen LogP contribution in [0.3, 0.4) is 0 Å². The van der Waals surface area contributed by atoms with Crippen LogP contribution in [0.1, 0.15) is 12.0 Å². The number of halogens is 3. The summed E-state index contributed by atoms with van der Waals surface area (Å²) in [7, 11) is 0. The van der Waals surface area contributed by atoms with Crippen LogP contribution < -0.4 is 10.5 Å². The lowest BCUT2D eigenvalue weighted by molar-refractivity contribution is -0.138. The minimum Gasteiger partial charge on any atom is -0.493 e. The lowest BCUT2D eigenvalue weighted by atomic mass is 10.2. The van der Waals surface area contributed by atoms with Crippen molar-refractivity contribution in [2.75, 3.05) is 6.61 Å². The molecule has 92 valence electrons. The molecule has 1 aromatic rings. The number of alkyl halides is 3. The first-order valence-electron chi connectivity index (χ1n) is 4.89. The largest absolute Gasteiger partial charge is 0.493 e. The molecule has 0 aliphatic heterocycles. The zero-order valence-corrected chi connectivity index (χ0v) is 8.87. The van der Waals surface area contributed by atoms with Gasteiger partial charge >= 0.3 is 6.18 Å². The van der Waals surface area contributed by atoms with E-state index in [1.165, 1.54) is 18.2 Å². The van der Waals surface area contributed by atoms with Crippen molar-refractivity contribution in [2.45, 2.75) is 18.6 Å². The molecule has 0 saturated carbocycles. The van der Waals surface area contributed by atoms with Gasteiger partial charge in [-0.05, 0) is 12.1 Å². The van der Waals surface area contributed by atoms with Gasteiger partial charge in [-0.2, -0.15) is 18.4 Å². The predicted octanol–water partition coefficient (Wildman–Crippen LogP) is 2.33. The monoisotopic (exact) mass is 244 g/mol. The summed E-state index contributed by atoms with van der Waals surface area (Å²) >= 11 is 0. The van der Waals surface area contributed by atoms with Crippen molar-refractivity contribution in [2.24, 2.45) is 5.73 Å². The van der Waals surface area contributed by atoms with E-state index in [4.69, 9.17) is 15.7 Å². The number of nitrogens with two attached hydrogens (primary N) is 1. The highest BCUT2D eigenvalue weighted by Gasteiger charge is 2.33. The Morgan fingerprint density at radius 2 is 2.00 bits per heavy atom. The van der Waals surface area contributed by atoms with Crippen molar-refractivity contribution in [3.63, 3.8) is 0 Å².